The molecule has 0 aliphatic carbocycles. The average Bonchev–Trinajstić information content (AvgIpc) is 2.93. The van der Waals surface area contributed by atoms with Crippen molar-refractivity contribution in [3.8, 4) is 0 Å². The van der Waals surface area contributed by atoms with Crippen LogP contribution < -0.4 is 10.6 Å². The summed E-state index contributed by atoms with van der Waals surface area (Å²) in [6.45, 7) is 0. The molecule has 0 saturated carbocycles. The van der Waals surface area contributed by atoms with Gasteiger partial charge in [-0.05, 0) is 17.7 Å². The van der Waals surface area contributed by atoms with Gasteiger partial charge in [-0.1, -0.05) is 48.5 Å². The Bertz CT molecular complexity index is 573. The van der Waals surface area contributed by atoms with Crippen molar-refractivity contribution in [1.29, 1.82) is 0 Å². The van der Waals surface area contributed by atoms with Crippen molar-refractivity contribution in [2.45, 2.75) is 12.1 Å². The van der Waals surface area contributed by atoms with E-state index in [1.807, 2.05) is 60.7 Å². The summed E-state index contributed by atoms with van der Waals surface area (Å²) in [5, 5.41) is 0. The third-order valence-corrected chi connectivity index (χ3v) is 3.25. The number of benzene rings is 2. The third-order valence-electron chi connectivity index (χ3n) is 3.25. The molecule has 0 spiro atoms. The highest BCUT2D eigenvalue weighted by molar-refractivity contribution is 6.19. The van der Waals surface area contributed by atoms with Gasteiger partial charge in [0.1, 0.15) is 0 Å². The molecule has 1 heterocycles. The van der Waals surface area contributed by atoms with Gasteiger partial charge in [-0.2, -0.15) is 0 Å². The Morgan fingerprint density at radius 3 is 2.05 bits per heavy atom. The standard InChI is InChI=1S/C15H14N2O.ClH/c16-15(11-12-7-3-1-4-8-12)14(18)17(15)13-9-5-2-6-10-13;/h1-10H,11,16H2;1H. The van der Waals surface area contributed by atoms with Gasteiger partial charge >= 0.3 is 0 Å². The van der Waals surface area contributed by atoms with Gasteiger partial charge in [-0.15, -0.1) is 12.4 Å². The highest BCUT2D eigenvalue weighted by atomic mass is 35.5. The molecule has 0 bridgehead atoms. The summed E-state index contributed by atoms with van der Waals surface area (Å²) in [5.41, 5.74) is 7.24. The lowest BCUT2D eigenvalue weighted by Crippen LogP contribution is -2.33. The number of amides is 1. The lowest BCUT2D eigenvalue weighted by molar-refractivity contribution is -0.111. The smallest absolute Gasteiger partial charge is 0.270 e. The van der Waals surface area contributed by atoms with Gasteiger partial charge in [0.2, 0.25) is 0 Å². The third kappa shape index (κ3) is 2.35. The predicted octanol–water partition coefficient (Wildman–Crippen LogP) is 2.35. The zero-order valence-electron chi connectivity index (χ0n) is 10.3. The molecule has 1 amide bonds. The zero-order chi connectivity index (χ0) is 12.6. The van der Waals surface area contributed by atoms with E-state index in [9.17, 15) is 4.79 Å². The van der Waals surface area contributed by atoms with Gasteiger partial charge in [0.15, 0.2) is 5.66 Å². The van der Waals surface area contributed by atoms with Crippen LogP contribution in [0.1, 0.15) is 5.56 Å². The molecular formula is C15H15ClN2O. The number of rotatable bonds is 3. The summed E-state index contributed by atoms with van der Waals surface area (Å²) in [6.07, 6.45) is 0.543. The number of hydrogen-bond donors (Lipinski definition) is 1. The number of nitrogens with zero attached hydrogens (tertiary/aromatic N) is 1. The van der Waals surface area contributed by atoms with Gasteiger partial charge < -0.3 is 5.73 Å². The number of carbonyl (C=O) groups excluding carboxylic acids is 1. The van der Waals surface area contributed by atoms with Crippen LogP contribution in [0.25, 0.3) is 0 Å². The molecular weight excluding hydrogens is 260 g/mol. The van der Waals surface area contributed by atoms with Crippen LogP contribution in [-0.2, 0) is 11.2 Å². The van der Waals surface area contributed by atoms with Crippen molar-refractivity contribution in [2.24, 2.45) is 5.73 Å². The molecule has 3 nitrogen and oxygen atoms in total. The van der Waals surface area contributed by atoms with E-state index in [2.05, 4.69) is 0 Å². The van der Waals surface area contributed by atoms with Crippen molar-refractivity contribution in [3.63, 3.8) is 0 Å². The summed E-state index contributed by atoms with van der Waals surface area (Å²) in [7, 11) is 0. The van der Waals surface area contributed by atoms with E-state index in [0.717, 1.165) is 11.3 Å². The molecule has 0 aromatic heterocycles. The maximum Gasteiger partial charge on any atom is 0.270 e. The molecule has 2 aromatic rings. The number of anilines is 1. The number of halogens is 1. The van der Waals surface area contributed by atoms with Crippen LogP contribution in [0, 0.1) is 0 Å². The second-order valence-corrected chi connectivity index (χ2v) is 4.56. The van der Waals surface area contributed by atoms with Crippen molar-refractivity contribution in [1.82, 2.24) is 0 Å². The first-order chi connectivity index (χ1) is 8.72. The van der Waals surface area contributed by atoms with E-state index in [1.165, 1.54) is 0 Å². The van der Waals surface area contributed by atoms with Crippen LogP contribution in [0.3, 0.4) is 0 Å². The van der Waals surface area contributed by atoms with Crippen molar-refractivity contribution in [3.05, 3.63) is 66.2 Å². The maximum absolute atomic E-state index is 11.9. The molecule has 2 N–H and O–H groups in total. The first-order valence-corrected chi connectivity index (χ1v) is 5.94. The maximum atomic E-state index is 11.9. The van der Waals surface area contributed by atoms with Gasteiger partial charge in [0.05, 0.1) is 0 Å². The quantitative estimate of drug-likeness (QED) is 0.874. The lowest BCUT2D eigenvalue weighted by atomic mass is 10.1. The first kappa shape index (κ1) is 13.6. The molecule has 1 saturated heterocycles. The fraction of sp³-hybridized carbons (Fsp3) is 0.133. The fourth-order valence-corrected chi connectivity index (χ4v) is 2.26. The summed E-state index contributed by atoms with van der Waals surface area (Å²) >= 11 is 0. The average molecular weight is 275 g/mol. The minimum Gasteiger partial charge on any atom is -0.300 e. The SMILES string of the molecule is Cl.NC1(Cc2ccccc2)C(=O)N1c1ccccc1. The van der Waals surface area contributed by atoms with Gasteiger partial charge in [-0.25, -0.2) is 0 Å². The molecule has 3 rings (SSSR count). The largest absolute Gasteiger partial charge is 0.300 e. The van der Waals surface area contributed by atoms with E-state index < -0.39 is 5.66 Å². The Morgan fingerprint density at radius 2 is 1.47 bits per heavy atom. The molecule has 98 valence electrons. The highest BCUT2D eigenvalue weighted by Crippen LogP contribution is 2.37. The Balaban J connectivity index is 0.00000133. The van der Waals surface area contributed by atoms with Crippen molar-refractivity contribution >= 4 is 24.0 Å². The van der Waals surface area contributed by atoms with Crippen LogP contribution >= 0.6 is 12.4 Å². The molecule has 0 radical (unpaired) electrons. The van der Waals surface area contributed by atoms with Gasteiger partial charge in [0, 0.05) is 12.1 Å². The number of hydrogen-bond acceptors (Lipinski definition) is 2. The first-order valence-electron chi connectivity index (χ1n) is 5.94. The summed E-state index contributed by atoms with van der Waals surface area (Å²) in [6, 6.07) is 19.4. The van der Waals surface area contributed by atoms with E-state index in [-0.39, 0.29) is 18.3 Å². The molecule has 1 atom stereocenters. The van der Waals surface area contributed by atoms with Gasteiger partial charge in [-0.3, -0.25) is 9.69 Å². The molecule has 19 heavy (non-hydrogen) atoms. The number of carbonyl (C=O) groups is 1. The Kier molecular flexibility index (Phi) is 3.60. The Hall–Kier alpha value is -1.84. The second kappa shape index (κ2) is 5.03. The summed E-state index contributed by atoms with van der Waals surface area (Å²) in [4.78, 5) is 13.6. The molecule has 1 fully saturated rings. The highest BCUT2D eigenvalue weighted by Gasteiger charge is 2.60. The Morgan fingerprint density at radius 1 is 0.947 bits per heavy atom. The summed E-state index contributed by atoms with van der Waals surface area (Å²) < 4.78 is 0. The second-order valence-electron chi connectivity index (χ2n) is 4.56. The summed E-state index contributed by atoms with van der Waals surface area (Å²) in [5.74, 6) is -0.0162. The lowest BCUT2D eigenvalue weighted by Gasteiger charge is -2.10. The minimum atomic E-state index is -0.872. The Labute approximate surface area is 118 Å². The molecule has 2 aromatic carbocycles. The van der Waals surface area contributed by atoms with Crippen LogP contribution in [0.15, 0.2) is 60.7 Å². The van der Waals surface area contributed by atoms with Gasteiger partial charge in [0.25, 0.3) is 5.91 Å². The fourth-order valence-electron chi connectivity index (χ4n) is 2.26. The predicted molar refractivity (Wildman–Crippen MR) is 78.2 cm³/mol. The van der Waals surface area contributed by atoms with Crippen molar-refractivity contribution in [2.75, 3.05) is 4.90 Å². The normalized spacial score (nSPS) is 20.9. The van der Waals surface area contributed by atoms with Crippen LogP contribution in [0.2, 0.25) is 0 Å². The van der Waals surface area contributed by atoms with E-state index in [4.69, 9.17) is 5.73 Å². The monoisotopic (exact) mass is 274 g/mol. The topological polar surface area (TPSA) is 46.1 Å². The van der Waals surface area contributed by atoms with Crippen LogP contribution in [0.5, 0.6) is 0 Å². The number of nitrogens with two attached hydrogens (primary N) is 1. The van der Waals surface area contributed by atoms with E-state index >= 15 is 0 Å². The van der Waals surface area contributed by atoms with E-state index in [1.54, 1.807) is 4.90 Å². The molecule has 1 aliphatic rings. The molecule has 4 heteroatoms. The minimum absolute atomic E-state index is 0. The van der Waals surface area contributed by atoms with Crippen LogP contribution in [0.4, 0.5) is 5.69 Å². The number of para-hydroxylation sites is 1. The van der Waals surface area contributed by atoms with E-state index in [0.29, 0.717) is 6.42 Å². The van der Waals surface area contributed by atoms with Crippen molar-refractivity contribution < 1.29 is 4.79 Å². The van der Waals surface area contributed by atoms with Crippen LogP contribution in [-0.4, -0.2) is 11.6 Å². The zero-order valence-corrected chi connectivity index (χ0v) is 11.1. The molecule has 1 aliphatic heterocycles. The molecule has 1 unspecified atom stereocenters.